The van der Waals surface area contributed by atoms with Gasteiger partial charge in [-0.2, -0.15) is 4.98 Å². The number of H-pyrrole nitrogens is 1. The van der Waals surface area contributed by atoms with Gasteiger partial charge in [-0.05, 0) is 30.0 Å². The number of benzene rings is 1. The fraction of sp³-hybridized carbons (Fsp3) is 0.286. The van der Waals surface area contributed by atoms with Crippen LogP contribution >= 0.6 is 11.6 Å². The van der Waals surface area contributed by atoms with Gasteiger partial charge in [-0.3, -0.25) is 4.79 Å². The van der Waals surface area contributed by atoms with Crippen molar-refractivity contribution < 1.29 is 5.11 Å². The molecule has 0 aliphatic heterocycles. The molecule has 98 valence electrons. The predicted octanol–water partition coefficient (Wildman–Crippen LogP) is 2.92. The van der Waals surface area contributed by atoms with Crippen LogP contribution in [-0.4, -0.2) is 15.1 Å². The molecule has 1 aliphatic rings. The number of rotatable bonds is 2. The van der Waals surface area contributed by atoms with E-state index < -0.39 is 0 Å². The average molecular weight is 277 g/mol. The lowest BCUT2D eigenvalue weighted by Gasteiger charge is -2.06. The largest absolute Gasteiger partial charge is 0.493 e. The van der Waals surface area contributed by atoms with Crippen LogP contribution in [-0.2, 0) is 0 Å². The van der Waals surface area contributed by atoms with Gasteiger partial charge in [-0.1, -0.05) is 30.7 Å². The van der Waals surface area contributed by atoms with Gasteiger partial charge in [-0.15, -0.1) is 0 Å². The van der Waals surface area contributed by atoms with Gasteiger partial charge in [-0.25, -0.2) is 0 Å². The summed E-state index contributed by atoms with van der Waals surface area (Å²) in [5, 5.41) is 10.5. The van der Waals surface area contributed by atoms with Gasteiger partial charge in [0.05, 0.1) is 0 Å². The van der Waals surface area contributed by atoms with Crippen LogP contribution in [0.1, 0.15) is 25.1 Å². The Bertz CT molecular complexity index is 696. The molecule has 3 rings (SSSR count). The Morgan fingerprint density at radius 1 is 1.47 bits per heavy atom. The number of hydrogen-bond acceptors (Lipinski definition) is 3. The lowest BCUT2D eigenvalue weighted by molar-refractivity contribution is 0.449. The van der Waals surface area contributed by atoms with Crippen molar-refractivity contribution >= 4 is 11.6 Å². The van der Waals surface area contributed by atoms with Crippen molar-refractivity contribution in [1.82, 2.24) is 9.97 Å². The summed E-state index contributed by atoms with van der Waals surface area (Å²) in [6.07, 6.45) is 0.999. The molecule has 1 heterocycles. The van der Waals surface area contributed by atoms with E-state index in [1.54, 1.807) is 24.3 Å². The quantitative estimate of drug-likeness (QED) is 0.886. The average Bonchev–Trinajstić information content (AvgIpc) is 3.05. The highest BCUT2D eigenvalue weighted by molar-refractivity contribution is 6.30. The molecule has 1 saturated carbocycles. The molecule has 0 bridgehead atoms. The van der Waals surface area contributed by atoms with E-state index in [4.69, 9.17) is 11.6 Å². The van der Waals surface area contributed by atoms with Gasteiger partial charge >= 0.3 is 0 Å². The standard InChI is InChI=1S/C14H13ClN2O2/c1-7-5-10(7)12-16-13(18)11(14(19)17-12)8-3-2-4-9(15)6-8/h2-4,6-7,10H,5H2,1H3,(H2,16,17,18,19). The molecule has 1 aliphatic carbocycles. The molecule has 4 nitrogen and oxygen atoms in total. The Balaban J connectivity index is 2.10. The third-order valence-electron chi connectivity index (χ3n) is 3.49. The highest BCUT2D eigenvalue weighted by atomic mass is 35.5. The normalized spacial score (nSPS) is 21.4. The zero-order valence-corrected chi connectivity index (χ0v) is 11.1. The second-order valence-electron chi connectivity index (χ2n) is 4.98. The van der Waals surface area contributed by atoms with E-state index in [2.05, 4.69) is 16.9 Å². The lowest BCUT2D eigenvalue weighted by atomic mass is 10.1. The first kappa shape index (κ1) is 12.2. The number of aromatic hydroxyl groups is 1. The summed E-state index contributed by atoms with van der Waals surface area (Å²) in [4.78, 5) is 19.0. The maximum Gasteiger partial charge on any atom is 0.262 e. The Morgan fingerprint density at radius 3 is 2.79 bits per heavy atom. The van der Waals surface area contributed by atoms with E-state index >= 15 is 0 Å². The zero-order valence-electron chi connectivity index (χ0n) is 10.4. The predicted molar refractivity (Wildman–Crippen MR) is 73.5 cm³/mol. The van der Waals surface area contributed by atoms with Crippen LogP contribution in [0.3, 0.4) is 0 Å². The summed E-state index contributed by atoms with van der Waals surface area (Å²) in [7, 11) is 0. The van der Waals surface area contributed by atoms with Gasteiger partial charge in [0, 0.05) is 10.9 Å². The van der Waals surface area contributed by atoms with Crippen molar-refractivity contribution in [2.24, 2.45) is 5.92 Å². The van der Waals surface area contributed by atoms with Crippen molar-refractivity contribution in [3.05, 3.63) is 45.5 Å². The summed E-state index contributed by atoms with van der Waals surface area (Å²) in [5.41, 5.74) is 0.401. The third-order valence-corrected chi connectivity index (χ3v) is 3.73. The molecule has 2 N–H and O–H groups in total. The highest BCUT2D eigenvalue weighted by Crippen LogP contribution is 2.45. The van der Waals surface area contributed by atoms with Crippen molar-refractivity contribution in [1.29, 1.82) is 0 Å². The molecular weight excluding hydrogens is 264 g/mol. The lowest BCUT2D eigenvalue weighted by Crippen LogP contribution is -2.13. The summed E-state index contributed by atoms with van der Waals surface area (Å²) >= 11 is 5.90. The third kappa shape index (κ3) is 2.24. The van der Waals surface area contributed by atoms with Crippen molar-refractivity contribution in [2.75, 3.05) is 0 Å². The molecule has 5 heteroatoms. The Kier molecular flexibility index (Phi) is 2.82. The molecule has 0 spiro atoms. The van der Waals surface area contributed by atoms with Gasteiger partial charge in [0.25, 0.3) is 5.56 Å². The van der Waals surface area contributed by atoms with Crippen LogP contribution < -0.4 is 5.56 Å². The minimum absolute atomic E-state index is 0.166. The Labute approximate surface area is 115 Å². The van der Waals surface area contributed by atoms with Crippen LogP contribution in [0.15, 0.2) is 29.1 Å². The molecule has 0 amide bonds. The van der Waals surface area contributed by atoms with Crippen LogP contribution in [0.4, 0.5) is 0 Å². The van der Waals surface area contributed by atoms with Gasteiger partial charge in [0.2, 0.25) is 5.88 Å². The van der Waals surface area contributed by atoms with Crippen LogP contribution in [0.5, 0.6) is 5.88 Å². The molecule has 1 fully saturated rings. The van der Waals surface area contributed by atoms with E-state index in [0.717, 1.165) is 6.42 Å². The maximum atomic E-state index is 12.1. The molecule has 19 heavy (non-hydrogen) atoms. The van der Waals surface area contributed by atoms with E-state index in [-0.39, 0.29) is 22.9 Å². The fourth-order valence-electron chi connectivity index (χ4n) is 2.26. The van der Waals surface area contributed by atoms with Crippen molar-refractivity contribution in [3.63, 3.8) is 0 Å². The first-order valence-corrected chi connectivity index (χ1v) is 6.53. The van der Waals surface area contributed by atoms with Gasteiger partial charge in [0.1, 0.15) is 11.4 Å². The minimum Gasteiger partial charge on any atom is -0.493 e. The molecule has 2 unspecified atom stereocenters. The van der Waals surface area contributed by atoms with Crippen LogP contribution in [0.2, 0.25) is 5.02 Å². The number of aromatic nitrogens is 2. The Morgan fingerprint density at radius 2 is 2.21 bits per heavy atom. The second kappa shape index (κ2) is 4.38. The monoisotopic (exact) mass is 276 g/mol. The number of halogens is 1. The molecular formula is C14H13ClN2O2. The van der Waals surface area contributed by atoms with E-state index in [0.29, 0.717) is 22.3 Å². The smallest absolute Gasteiger partial charge is 0.262 e. The molecule has 2 aromatic rings. The summed E-state index contributed by atoms with van der Waals surface area (Å²) < 4.78 is 0. The SMILES string of the molecule is CC1CC1c1nc(O)c(-c2cccc(Cl)c2)c(=O)[nH]1. The fourth-order valence-corrected chi connectivity index (χ4v) is 2.45. The molecule has 1 aromatic heterocycles. The second-order valence-corrected chi connectivity index (χ2v) is 5.42. The summed E-state index contributed by atoms with van der Waals surface area (Å²) in [6.45, 7) is 2.09. The Hall–Kier alpha value is -1.81. The number of aromatic amines is 1. The number of nitrogens with zero attached hydrogens (tertiary/aromatic N) is 1. The van der Waals surface area contributed by atoms with E-state index in [1.807, 2.05) is 0 Å². The summed E-state index contributed by atoms with van der Waals surface area (Å²) in [6, 6.07) is 6.79. The van der Waals surface area contributed by atoms with Crippen molar-refractivity contribution in [2.45, 2.75) is 19.3 Å². The molecule has 2 atom stereocenters. The zero-order chi connectivity index (χ0) is 13.6. The van der Waals surface area contributed by atoms with E-state index in [1.165, 1.54) is 0 Å². The highest BCUT2D eigenvalue weighted by Gasteiger charge is 2.36. The topological polar surface area (TPSA) is 66.0 Å². The molecule has 1 aromatic carbocycles. The summed E-state index contributed by atoms with van der Waals surface area (Å²) in [5.74, 6) is 1.10. The maximum absolute atomic E-state index is 12.1. The first-order chi connectivity index (χ1) is 9.06. The molecule has 0 saturated heterocycles. The first-order valence-electron chi connectivity index (χ1n) is 6.15. The number of hydrogen-bond donors (Lipinski definition) is 2. The molecule has 0 radical (unpaired) electrons. The van der Waals surface area contributed by atoms with Crippen molar-refractivity contribution in [3.8, 4) is 17.0 Å². The van der Waals surface area contributed by atoms with Crippen LogP contribution in [0.25, 0.3) is 11.1 Å². The minimum atomic E-state index is -0.330. The van der Waals surface area contributed by atoms with E-state index in [9.17, 15) is 9.90 Å². The number of nitrogens with one attached hydrogen (secondary N) is 1. The van der Waals surface area contributed by atoms with Gasteiger partial charge < -0.3 is 10.1 Å². The van der Waals surface area contributed by atoms with Gasteiger partial charge in [0.15, 0.2) is 0 Å². The van der Waals surface area contributed by atoms with Crippen LogP contribution in [0, 0.1) is 5.92 Å².